The number of rotatable bonds is 6. The minimum atomic E-state index is -0.550. The molecule has 0 saturated heterocycles. The van der Waals surface area contributed by atoms with Crippen LogP contribution in [-0.4, -0.2) is 31.1 Å². The molecule has 5 heteroatoms. The molecule has 0 unspecified atom stereocenters. The van der Waals surface area contributed by atoms with Gasteiger partial charge in [0.15, 0.2) is 13.2 Å². The lowest BCUT2D eigenvalue weighted by Gasteiger charge is -2.19. The van der Waals surface area contributed by atoms with Gasteiger partial charge in [-0.05, 0) is 36.0 Å². The molecule has 1 fully saturated rings. The molecule has 0 aliphatic heterocycles. The van der Waals surface area contributed by atoms with Crippen LogP contribution in [0, 0.1) is 0 Å². The van der Waals surface area contributed by atoms with Crippen molar-refractivity contribution < 1.29 is 19.1 Å². The normalized spacial score (nSPS) is 14.3. The molecule has 1 N–H and O–H groups in total. The quantitative estimate of drug-likeness (QED) is 0.818. The number of hydrogen-bond acceptors (Lipinski definition) is 4. The van der Waals surface area contributed by atoms with Crippen LogP contribution in [0.25, 0.3) is 0 Å². The molecule has 1 aliphatic carbocycles. The smallest absolute Gasteiger partial charge is 0.344 e. The lowest BCUT2D eigenvalue weighted by Crippen LogP contribution is -2.31. The zero-order chi connectivity index (χ0) is 16.2. The molecule has 1 aromatic rings. The van der Waals surface area contributed by atoms with E-state index >= 15 is 0 Å². The first-order valence-corrected chi connectivity index (χ1v) is 7.53. The van der Waals surface area contributed by atoms with Gasteiger partial charge in [0.2, 0.25) is 0 Å². The molecule has 120 valence electrons. The van der Waals surface area contributed by atoms with Crippen LogP contribution in [-0.2, 0) is 19.7 Å². The number of amides is 1. The second kappa shape index (κ2) is 6.81. The van der Waals surface area contributed by atoms with Gasteiger partial charge in [-0.3, -0.25) is 4.79 Å². The van der Waals surface area contributed by atoms with E-state index in [1.54, 1.807) is 0 Å². The summed E-state index contributed by atoms with van der Waals surface area (Å²) in [6, 6.07) is 7.87. The van der Waals surface area contributed by atoms with E-state index in [1.807, 2.05) is 24.3 Å². The Bertz CT molecular complexity index is 527. The molecular weight excluding hydrogens is 282 g/mol. The Labute approximate surface area is 131 Å². The molecule has 22 heavy (non-hydrogen) atoms. The summed E-state index contributed by atoms with van der Waals surface area (Å²) in [5.41, 5.74) is 1.27. The van der Waals surface area contributed by atoms with E-state index in [1.165, 1.54) is 5.56 Å². The highest BCUT2D eigenvalue weighted by atomic mass is 16.6. The first kappa shape index (κ1) is 16.3. The fourth-order valence-electron chi connectivity index (χ4n) is 1.88. The van der Waals surface area contributed by atoms with E-state index in [9.17, 15) is 9.59 Å². The van der Waals surface area contributed by atoms with Crippen LogP contribution in [0.1, 0.15) is 39.2 Å². The molecule has 0 bridgehead atoms. The molecule has 0 atom stereocenters. The average Bonchev–Trinajstić information content (AvgIpc) is 3.26. The third kappa shape index (κ3) is 5.39. The van der Waals surface area contributed by atoms with Gasteiger partial charge < -0.3 is 14.8 Å². The first-order valence-electron chi connectivity index (χ1n) is 7.53. The average molecular weight is 305 g/mol. The van der Waals surface area contributed by atoms with E-state index in [0.29, 0.717) is 5.75 Å². The Morgan fingerprint density at radius 3 is 2.32 bits per heavy atom. The number of nitrogens with one attached hydrogen (secondary N) is 1. The molecule has 2 rings (SSSR count). The molecule has 0 heterocycles. The van der Waals surface area contributed by atoms with Gasteiger partial charge in [-0.15, -0.1) is 0 Å². The topological polar surface area (TPSA) is 64.6 Å². The molecule has 1 aromatic carbocycles. The maximum atomic E-state index is 11.5. The summed E-state index contributed by atoms with van der Waals surface area (Å²) in [5.74, 6) is -0.205. The predicted molar refractivity (Wildman–Crippen MR) is 82.8 cm³/mol. The third-order valence-electron chi connectivity index (χ3n) is 3.38. The van der Waals surface area contributed by atoms with E-state index in [2.05, 4.69) is 26.1 Å². The van der Waals surface area contributed by atoms with Crippen molar-refractivity contribution in [2.24, 2.45) is 0 Å². The maximum absolute atomic E-state index is 11.5. The van der Waals surface area contributed by atoms with Crippen molar-refractivity contribution in [1.82, 2.24) is 5.32 Å². The van der Waals surface area contributed by atoms with Crippen LogP contribution >= 0.6 is 0 Å². The molecule has 0 aromatic heterocycles. The Balaban J connectivity index is 1.70. The highest BCUT2D eigenvalue weighted by molar-refractivity contribution is 5.81. The lowest BCUT2D eigenvalue weighted by molar-refractivity contribution is -0.150. The Kier molecular flexibility index (Phi) is 5.06. The molecule has 1 aliphatic rings. The van der Waals surface area contributed by atoms with Gasteiger partial charge in [0, 0.05) is 6.04 Å². The fourth-order valence-corrected chi connectivity index (χ4v) is 1.88. The predicted octanol–water partition coefficient (Wildman–Crippen LogP) is 2.18. The van der Waals surface area contributed by atoms with Crippen molar-refractivity contribution in [3.63, 3.8) is 0 Å². The Morgan fingerprint density at radius 1 is 1.14 bits per heavy atom. The minimum Gasteiger partial charge on any atom is -0.482 e. The number of esters is 1. The zero-order valence-corrected chi connectivity index (χ0v) is 13.3. The van der Waals surface area contributed by atoms with Crippen LogP contribution in [0.5, 0.6) is 5.75 Å². The summed E-state index contributed by atoms with van der Waals surface area (Å²) >= 11 is 0. The highest BCUT2D eigenvalue weighted by Gasteiger charge is 2.23. The van der Waals surface area contributed by atoms with Crippen LogP contribution < -0.4 is 10.1 Å². The van der Waals surface area contributed by atoms with Gasteiger partial charge in [0.05, 0.1) is 0 Å². The molecule has 1 amide bonds. The monoisotopic (exact) mass is 305 g/mol. The minimum absolute atomic E-state index is 0.0758. The largest absolute Gasteiger partial charge is 0.482 e. The number of benzene rings is 1. The fraction of sp³-hybridized carbons (Fsp3) is 0.529. The van der Waals surface area contributed by atoms with Crippen molar-refractivity contribution in [2.75, 3.05) is 13.2 Å². The summed E-state index contributed by atoms with van der Waals surface area (Å²) in [4.78, 5) is 22.9. The van der Waals surface area contributed by atoms with Crippen molar-refractivity contribution in [3.05, 3.63) is 29.8 Å². The molecule has 5 nitrogen and oxygen atoms in total. The number of carbonyl (C=O) groups excluding carboxylic acids is 2. The van der Waals surface area contributed by atoms with Crippen molar-refractivity contribution in [1.29, 1.82) is 0 Å². The Hall–Kier alpha value is -2.04. The van der Waals surface area contributed by atoms with Crippen LogP contribution in [0.4, 0.5) is 0 Å². The highest BCUT2D eigenvalue weighted by Crippen LogP contribution is 2.24. The van der Waals surface area contributed by atoms with E-state index < -0.39 is 5.97 Å². The molecule has 0 radical (unpaired) electrons. The van der Waals surface area contributed by atoms with Crippen molar-refractivity contribution in [3.8, 4) is 5.75 Å². The van der Waals surface area contributed by atoms with Crippen LogP contribution in [0.15, 0.2) is 24.3 Å². The summed E-state index contributed by atoms with van der Waals surface area (Å²) in [7, 11) is 0. The van der Waals surface area contributed by atoms with Crippen molar-refractivity contribution in [2.45, 2.75) is 45.1 Å². The van der Waals surface area contributed by atoms with Crippen molar-refractivity contribution >= 4 is 11.9 Å². The van der Waals surface area contributed by atoms with Gasteiger partial charge in [-0.2, -0.15) is 0 Å². The second-order valence-electron chi connectivity index (χ2n) is 6.57. The summed E-state index contributed by atoms with van der Waals surface area (Å²) in [6.07, 6.45) is 2.01. The summed E-state index contributed by atoms with van der Waals surface area (Å²) < 4.78 is 10.2. The number of hydrogen-bond donors (Lipinski definition) is 1. The lowest BCUT2D eigenvalue weighted by atomic mass is 9.87. The van der Waals surface area contributed by atoms with Crippen LogP contribution in [0.2, 0.25) is 0 Å². The number of carbonyl (C=O) groups is 2. The summed E-state index contributed by atoms with van der Waals surface area (Å²) in [5, 5.41) is 2.75. The molecule has 1 saturated carbocycles. The number of ether oxygens (including phenoxy) is 2. The third-order valence-corrected chi connectivity index (χ3v) is 3.38. The standard InChI is InChI=1S/C17H23NO4/c1-17(2,3)12-4-8-14(9-5-12)21-11-16(20)22-10-15(19)18-13-6-7-13/h4-5,8-9,13H,6-7,10-11H2,1-3H3,(H,18,19). The maximum Gasteiger partial charge on any atom is 0.344 e. The molecule has 0 spiro atoms. The van der Waals surface area contributed by atoms with Gasteiger partial charge in [-0.25, -0.2) is 4.79 Å². The van der Waals surface area contributed by atoms with Crippen LogP contribution in [0.3, 0.4) is 0 Å². The first-order chi connectivity index (χ1) is 10.3. The van der Waals surface area contributed by atoms with Gasteiger partial charge in [0.1, 0.15) is 5.75 Å². The second-order valence-corrected chi connectivity index (χ2v) is 6.57. The van der Waals surface area contributed by atoms with Gasteiger partial charge in [-0.1, -0.05) is 32.9 Å². The SMILES string of the molecule is CC(C)(C)c1ccc(OCC(=O)OCC(=O)NC2CC2)cc1. The van der Waals surface area contributed by atoms with E-state index in [4.69, 9.17) is 9.47 Å². The van der Waals surface area contributed by atoms with Gasteiger partial charge >= 0.3 is 5.97 Å². The summed E-state index contributed by atoms with van der Waals surface area (Å²) in [6.45, 7) is 5.94. The van der Waals surface area contributed by atoms with E-state index in [-0.39, 0.29) is 30.6 Å². The van der Waals surface area contributed by atoms with E-state index in [0.717, 1.165) is 12.8 Å². The Morgan fingerprint density at radius 2 is 1.77 bits per heavy atom. The zero-order valence-electron chi connectivity index (χ0n) is 13.3. The molecular formula is C17H23NO4. The van der Waals surface area contributed by atoms with Gasteiger partial charge in [0.25, 0.3) is 5.91 Å².